The van der Waals surface area contributed by atoms with Crippen LogP contribution in [-0.4, -0.2) is 18.5 Å². The number of amides is 1. The number of carbonyl (C=O) groups is 1. The van der Waals surface area contributed by atoms with Gasteiger partial charge in [0.05, 0.1) is 5.92 Å². The number of nitrogens with two attached hydrogens (primary N) is 1. The van der Waals surface area contributed by atoms with Gasteiger partial charge < -0.3 is 11.1 Å². The van der Waals surface area contributed by atoms with Gasteiger partial charge in [0.2, 0.25) is 5.91 Å². The third-order valence-electron chi connectivity index (χ3n) is 3.94. The van der Waals surface area contributed by atoms with E-state index in [0.29, 0.717) is 18.5 Å². The molecule has 0 heterocycles. The van der Waals surface area contributed by atoms with Crippen LogP contribution >= 0.6 is 0 Å². The molecule has 3 unspecified atom stereocenters. The Bertz CT molecular complexity index is 391. The standard InChI is InChI=1S/C15H22N2O/c1-11-6-5-9-14(11)17-15(18)13(10-16)12-7-3-2-4-8-12/h2-4,7-8,11,13-14H,5-6,9-10,16H2,1H3,(H,17,18). The minimum atomic E-state index is -0.223. The fourth-order valence-electron chi connectivity index (χ4n) is 2.72. The SMILES string of the molecule is CC1CCCC1NC(=O)C(CN)c1ccccc1. The second-order valence-electron chi connectivity index (χ2n) is 5.22. The van der Waals surface area contributed by atoms with Crippen molar-refractivity contribution in [3.63, 3.8) is 0 Å². The molecule has 0 aliphatic heterocycles. The molecule has 0 spiro atoms. The van der Waals surface area contributed by atoms with E-state index in [1.54, 1.807) is 0 Å². The van der Waals surface area contributed by atoms with Crippen LogP contribution in [0.25, 0.3) is 0 Å². The number of benzene rings is 1. The molecule has 1 fully saturated rings. The van der Waals surface area contributed by atoms with E-state index in [9.17, 15) is 4.79 Å². The second-order valence-corrected chi connectivity index (χ2v) is 5.22. The summed E-state index contributed by atoms with van der Waals surface area (Å²) in [6.45, 7) is 2.56. The molecule has 1 aromatic carbocycles. The van der Waals surface area contributed by atoms with Crippen LogP contribution in [-0.2, 0) is 4.79 Å². The van der Waals surface area contributed by atoms with Crippen molar-refractivity contribution >= 4 is 5.91 Å². The summed E-state index contributed by atoms with van der Waals surface area (Å²) >= 11 is 0. The molecule has 0 bridgehead atoms. The first-order valence-corrected chi connectivity index (χ1v) is 6.77. The fraction of sp³-hybridized carbons (Fsp3) is 0.533. The van der Waals surface area contributed by atoms with Crippen LogP contribution in [0.4, 0.5) is 0 Å². The Labute approximate surface area is 109 Å². The van der Waals surface area contributed by atoms with Gasteiger partial charge >= 0.3 is 0 Å². The van der Waals surface area contributed by atoms with Crippen molar-refractivity contribution in [2.24, 2.45) is 11.7 Å². The molecular formula is C15H22N2O. The highest BCUT2D eigenvalue weighted by Crippen LogP contribution is 2.25. The van der Waals surface area contributed by atoms with Gasteiger partial charge in [-0.15, -0.1) is 0 Å². The predicted molar refractivity (Wildman–Crippen MR) is 73.2 cm³/mol. The Kier molecular flexibility index (Phi) is 4.37. The first-order valence-electron chi connectivity index (χ1n) is 6.77. The Morgan fingerprint density at radius 3 is 2.67 bits per heavy atom. The molecule has 2 rings (SSSR count). The average Bonchev–Trinajstić information content (AvgIpc) is 2.77. The van der Waals surface area contributed by atoms with Crippen molar-refractivity contribution in [1.82, 2.24) is 5.32 Å². The van der Waals surface area contributed by atoms with E-state index in [4.69, 9.17) is 5.73 Å². The van der Waals surface area contributed by atoms with Crippen LogP contribution in [0.15, 0.2) is 30.3 Å². The topological polar surface area (TPSA) is 55.1 Å². The maximum absolute atomic E-state index is 12.3. The van der Waals surface area contributed by atoms with E-state index in [-0.39, 0.29) is 11.8 Å². The Morgan fingerprint density at radius 2 is 2.11 bits per heavy atom. The van der Waals surface area contributed by atoms with E-state index in [0.717, 1.165) is 12.0 Å². The quantitative estimate of drug-likeness (QED) is 0.854. The van der Waals surface area contributed by atoms with E-state index in [2.05, 4.69) is 12.2 Å². The molecule has 1 aliphatic carbocycles. The van der Waals surface area contributed by atoms with Gasteiger partial charge in [0, 0.05) is 12.6 Å². The molecule has 0 radical (unpaired) electrons. The third-order valence-corrected chi connectivity index (χ3v) is 3.94. The van der Waals surface area contributed by atoms with Crippen molar-refractivity contribution < 1.29 is 4.79 Å². The fourth-order valence-corrected chi connectivity index (χ4v) is 2.72. The van der Waals surface area contributed by atoms with Crippen LogP contribution < -0.4 is 11.1 Å². The minimum Gasteiger partial charge on any atom is -0.353 e. The summed E-state index contributed by atoms with van der Waals surface area (Å²) in [6, 6.07) is 10.1. The summed E-state index contributed by atoms with van der Waals surface area (Å²) in [7, 11) is 0. The normalized spacial score (nSPS) is 24.8. The van der Waals surface area contributed by atoms with E-state index >= 15 is 0 Å². The molecule has 1 aromatic rings. The third kappa shape index (κ3) is 2.91. The largest absolute Gasteiger partial charge is 0.353 e. The van der Waals surface area contributed by atoms with Crippen LogP contribution in [0.3, 0.4) is 0 Å². The van der Waals surface area contributed by atoms with Crippen LogP contribution in [0.5, 0.6) is 0 Å². The Morgan fingerprint density at radius 1 is 1.39 bits per heavy atom. The smallest absolute Gasteiger partial charge is 0.229 e. The zero-order chi connectivity index (χ0) is 13.0. The number of hydrogen-bond acceptors (Lipinski definition) is 2. The van der Waals surface area contributed by atoms with E-state index in [1.807, 2.05) is 30.3 Å². The van der Waals surface area contributed by atoms with Crippen molar-refractivity contribution in [3.05, 3.63) is 35.9 Å². The zero-order valence-corrected chi connectivity index (χ0v) is 10.9. The number of nitrogens with one attached hydrogen (secondary N) is 1. The summed E-state index contributed by atoms with van der Waals surface area (Å²) in [6.07, 6.45) is 3.52. The zero-order valence-electron chi connectivity index (χ0n) is 10.9. The molecule has 3 nitrogen and oxygen atoms in total. The molecular weight excluding hydrogens is 224 g/mol. The first kappa shape index (κ1) is 13.1. The van der Waals surface area contributed by atoms with Gasteiger partial charge in [-0.3, -0.25) is 4.79 Å². The maximum atomic E-state index is 12.3. The van der Waals surface area contributed by atoms with Gasteiger partial charge in [-0.05, 0) is 24.3 Å². The lowest BCUT2D eigenvalue weighted by molar-refractivity contribution is -0.123. The molecule has 0 aromatic heterocycles. The number of rotatable bonds is 4. The lowest BCUT2D eigenvalue weighted by Gasteiger charge is -2.21. The van der Waals surface area contributed by atoms with Crippen molar-refractivity contribution in [1.29, 1.82) is 0 Å². The molecule has 1 amide bonds. The van der Waals surface area contributed by atoms with E-state index < -0.39 is 0 Å². The predicted octanol–water partition coefficient (Wildman–Crippen LogP) is 2.03. The molecule has 3 N–H and O–H groups in total. The lowest BCUT2D eigenvalue weighted by Crippen LogP contribution is -2.41. The van der Waals surface area contributed by atoms with Crippen LogP contribution in [0.1, 0.15) is 37.7 Å². The monoisotopic (exact) mass is 246 g/mol. The van der Waals surface area contributed by atoms with Crippen molar-refractivity contribution in [3.8, 4) is 0 Å². The molecule has 18 heavy (non-hydrogen) atoms. The molecule has 3 atom stereocenters. The summed E-state index contributed by atoms with van der Waals surface area (Å²) in [5, 5.41) is 3.16. The molecule has 98 valence electrons. The van der Waals surface area contributed by atoms with Gasteiger partial charge in [-0.25, -0.2) is 0 Å². The van der Waals surface area contributed by atoms with Crippen molar-refractivity contribution in [2.75, 3.05) is 6.54 Å². The Balaban J connectivity index is 2.02. The van der Waals surface area contributed by atoms with E-state index in [1.165, 1.54) is 12.8 Å². The van der Waals surface area contributed by atoms with Crippen LogP contribution in [0.2, 0.25) is 0 Å². The van der Waals surface area contributed by atoms with Crippen LogP contribution in [0, 0.1) is 5.92 Å². The number of hydrogen-bond donors (Lipinski definition) is 2. The summed E-state index contributed by atoms with van der Waals surface area (Å²) in [5.41, 5.74) is 6.76. The highest BCUT2D eigenvalue weighted by atomic mass is 16.2. The number of carbonyl (C=O) groups excluding carboxylic acids is 1. The average molecular weight is 246 g/mol. The highest BCUT2D eigenvalue weighted by molar-refractivity contribution is 5.84. The maximum Gasteiger partial charge on any atom is 0.229 e. The van der Waals surface area contributed by atoms with Crippen molar-refractivity contribution in [2.45, 2.75) is 38.1 Å². The minimum absolute atomic E-state index is 0.0717. The lowest BCUT2D eigenvalue weighted by atomic mass is 9.97. The first-order chi connectivity index (χ1) is 8.72. The summed E-state index contributed by atoms with van der Waals surface area (Å²) in [5.74, 6) is 0.435. The molecule has 1 saturated carbocycles. The second kappa shape index (κ2) is 6.01. The Hall–Kier alpha value is -1.35. The summed E-state index contributed by atoms with van der Waals surface area (Å²) < 4.78 is 0. The molecule has 0 saturated heterocycles. The molecule has 1 aliphatic rings. The van der Waals surface area contributed by atoms with Gasteiger partial charge in [0.15, 0.2) is 0 Å². The van der Waals surface area contributed by atoms with Gasteiger partial charge in [-0.2, -0.15) is 0 Å². The van der Waals surface area contributed by atoms with Gasteiger partial charge in [0.1, 0.15) is 0 Å². The molecule has 3 heteroatoms. The summed E-state index contributed by atoms with van der Waals surface area (Å²) in [4.78, 5) is 12.3. The van der Waals surface area contributed by atoms with Gasteiger partial charge in [0.25, 0.3) is 0 Å². The highest BCUT2D eigenvalue weighted by Gasteiger charge is 2.27. The van der Waals surface area contributed by atoms with Gasteiger partial charge in [-0.1, -0.05) is 43.7 Å².